The molecule has 3 rings (SSSR count). The first-order valence-electron chi connectivity index (χ1n) is 9.69. The second-order valence-corrected chi connectivity index (χ2v) is 9.14. The Hall–Kier alpha value is -2.75. The van der Waals surface area contributed by atoms with E-state index in [9.17, 15) is 18.0 Å². The van der Waals surface area contributed by atoms with Gasteiger partial charge in [-0.3, -0.25) is 4.79 Å². The number of halogens is 4. The Morgan fingerprint density at radius 1 is 0.939 bits per heavy atom. The van der Waals surface area contributed by atoms with Crippen molar-refractivity contribution in [2.24, 2.45) is 0 Å². The quantitative estimate of drug-likeness (QED) is 0.241. The largest absolute Gasteiger partial charge is 0.416 e. The molecule has 0 aliphatic carbocycles. The minimum atomic E-state index is -4.53. The lowest BCUT2D eigenvalue weighted by molar-refractivity contribution is -0.137. The third-order valence-corrected chi connectivity index (χ3v) is 6.02. The van der Waals surface area contributed by atoms with Crippen LogP contribution < -0.4 is 16.0 Å². The molecule has 33 heavy (non-hydrogen) atoms. The van der Waals surface area contributed by atoms with E-state index in [1.54, 1.807) is 6.92 Å². The molecule has 1 atom stereocenters. The van der Waals surface area contributed by atoms with Gasteiger partial charge in [0, 0.05) is 16.3 Å². The average Bonchev–Trinajstić information content (AvgIpc) is 2.76. The Kier molecular flexibility index (Phi) is 8.23. The summed E-state index contributed by atoms with van der Waals surface area (Å²) in [5.74, 6) is -0.461. The lowest BCUT2D eigenvalue weighted by Gasteiger charge is -2.15. The van der Waals surface area contributed by atoms with E-state index in [1.165, 1.54) is 11.8 Å². The van der Waals surface area contributed by atoms with E-state index in [2.05, 4.69) is 16.0 Å². The fourth-order valence-electron chi connectivity index (χ4n) is 2.72. The van der Waals surface area contributed by atoms with Gasteiger partial charge in [0.15, 0.2) is 5.11 Å². The second-order valence-electron chi connectivity index (χ2n) is 6.91. The molecule has 10 heteroatoms. The molecule has 0 radical (unpaired) electrons. The Labute approximate surface area is 203 Å². The number of para-hydroxylation sites is 1. The standard InChI is InChI=1S/C23H19ClF3N3OS2/c1-14(21(31)30-20-13-15(23(25,26)27)7-12-19(20)24)33-18-10-8-17(9-11-18)29-22(32)28-16-5-3-2-4-6-16/h2-14H,1H3,(H,30,31)(H2,28,29,32). The first-order chi connectivity index (χ1) is 15.6. The number of benzene rings is 3. The molecule has 172 valence electrons. The monoisotopic (exact) mass is 509 g/mol. The van der Waals surface area contributed by atoms with Crippen LogP contribution in [0.25, 0.3) is 0 Å². The van der Waals surface area contributed by atoms with Crippen LogP contribution in [0.15, 0.2) is 77.7 Å². The molecule has 3 N–H and O–H groups in total. The molecule has 0 aromatic heterocycles. The number of thioether (sulfide) groups is 1. The average molecular weight is 510 g/mol. The molecule has 0 fully saturated rings. The molecule has 1 amide bonds. The second kappa shape index (κ2) is 10.9. The minimum absolute atomic E-state index is 0.0315. The lowest BCUT2D eigenvalue weighted by Crippen LogP contribution is -2.23. The fourth-order valence-corrected chi connectivity index (χ4v) is 3.99. The summed E-state index contributed by atoms with van der Waals surface area (Å²) in [6.45, 7) is 1.66. The van der Waals surface area contributed by atoms with Gasteiger partial charge in [0.2, 0.25) is 5.91 Å². The fraction of sp³-hybridized carbons (Fsp3) is 0.130. The number of alkyl halides is 3. The van der Waals surface area contributed by atoms with E-state index in [0.717, 1.165) is 34.5 Å². The third-order valence-electron chi connectivity index (χ3n) is 4.38. The SMILES string of the molecule is CC(Sc1ccc(NC(=S)Nc2ccccc2)cc1)C(=O)Nc1cc(C(F)(F)F)ccc1Cl. The van der Waals surface area contributed by atoms with Crippen molar-refractivity contribution in [1.82, 2.24) is 0 Å². The van der Waals surface area contributed by atoms with E-state index >= 15 is 0 Å². The van der Waals surface area contributed by atoms with Crippen molar-refractivity contribution in [3.63, 3.8) is 0 Å². The maximum absolute atomic E-state index is 12.9. The number of anilines is 3. The molecule has 0 spiro atoms. The predicted octanol–water partition coefficient (Wildman–Crippen LogP) is 7.29. The van der Waals surface area contributed by atoms with Gasteiger partial charge in [-0.15, -0.1) is 11.8 Å². The van der Waals surface area contributed by atoms with Gasteiger partial charge in [-0.2, -0.15) is 13.2 Å². The molecular formula is C23H19ClF3N3OS2. The molecule has 0 heterocycles. The van der Waals surface area contributed by atoms with Gasteiger partial charge in [0.05, 0.1) is 21.5 Å². The number of amides is 1. The maximum atomic E-state index is 12.9. The van der Waals surface area contributed by atoms with Crippen molar-refractivity contribution < 1.29 is 18.0 Å². The van der Waals surface area contributed by atoms with Crippen LogP contribution >= 0.6 is 35.6 Å². The number of rotatable bonds is 6. The Morgan fingerprint density at radius 2 is 1.55 bits per heavy atom. The predicted molar refractivity (Wildman–Crippen MR) is 133 cm³/mol. The zero-order valence-corrected chi connectivity index (χ0v) is 19.6. The first-order valence-corrected chi connectivity index (χ1v) is 11.4. The molecule has 0 aliphatic heterocycles. The summed E-state index contributed by atoms with van der Waals surface area (Å²) in [5, 5.41) is 8.52. The van der Waals surface area contributed by atoms with Crippen LogP contribution in [0.5, 0.6) is 0 Å². The third kappa shape index (κ3) is 7.38. The number of carbonyl (C=O) groups excluding carboxylic acids is 1. The van der Waals surface area contributed by atoms with Gasteiger partial charge < -0.3 is 16.0 Å². The van der Waals surface area contributed by atoms with Gasteiger partial charge in [0.1, 0.15) is 0 Å². The zero-order valence-electron chi connectivity index (χ0n) is 17.2. The summed E-state index contributed by atoms with van der Waals surface area (Å²) < 4.78 is 38.8. The topological polar surface area (TPSA) is 53.2 Å². The highest BCUT2D eigenvalue weighted by Gasteiger charge is 2.31. The Bertz CT molecular complexity index is 1130. The van der Waals surface area contributed by atoms with Crippen molar-refractivity contribution in [1.29, 1.82) is 0 Å². The van der Waals surface area contributed by atoms with Crippen molar-refractivity contribution in [2.75, 3.05) is 16.0 Å². The van der Waals surface area contributed by atoms with Crippen LogP contribution in [0, 0.1) is 0 Å². The van der Waals surface area contributed by atoms with E-state index < -0.39 is 22.9 Å². The Balaban J connectivity index is 1.56. The minimum Gasteiger partial charge on any atom is -0.332 e. The molecule has 4 nitrogen and oxygen atoms in total. The van der Waals surface area contributed by atoms with Gasteiger partial charge in [-0.25, -0.2) is 0 Å². The molecule has 0 saturated carbocycles. The van der Waals surface area contributed by atoms with E-state index in [1.807, 2.05) is 54.6 Å². The maximum Gasteiger partial charge on any atom is 0.416 e. The number of nitrogens with one attached hydrogen (secondary N) is 3. The normalized spacial score (nSPS) is 12.0. The van der Waals surface area contributed by atoms with Gasteiger partial charge in [0.25, 0.3) is 0 Å². The van der Waals surface area contributed by atoms with Gasteiger partial charge in [-0.05, 0) is 73.7 Å². The van der Waals surface area contributed by atoms with Crippen LogP contribution in [0.1, 0.15) is 12.5 Å². The smallest absolute Gasteiger partial charge is 0.332 e. The van der Waals surface area contributed by atoms with Crippen LogP contribution in [-0.2, 0) is 11.0 Å². The number of carbonyl (C=O) groups is 1. The highest BCUT2D eigenvalue weighted by atomic mass is 35.5. The van der Waals surface area contributed by atoms with Crippen LogP contribution in [0.2, 0.25) is 5.02 Å². The van der Waals surface area contributed by atoms with Crippen molar-refractivity contribution in [3.8, 4) is 0 Å². The number of hydrogen-bond donors (Lipinski definition) is 3. The molecule has 3 aromatic rings. The molecule has 0 aliphatic rings. The van der Waals surface area contributed by atoms with Crippen molar-refractivity contribution in [2.45, 2.75) is 23.2 Å². The molecular weight excluding hydrogens is 491 g/mol. The van der Waals surface area contributed by atoms with E-state index in [4.69, 9.17) is 23.8 Å². The molecule has 3 aromatic carbocycles. The summed E-state index contributed by atoms with van der Waals surface area (Å²) in [6.07, 6.45) is -4.53. The van der Waals surface area contributed by atoms with Gasteiger partial charge in [-0.1, -0.05) is 29.8 Å². The Morgan fingerprint density at radius 3 is 2.15 bits per heavy atom. The summed E-state index contributed by atoms with van der Waals surface area (Å²) in [6, 6.07) is 19.6. The van der Waals surface area contributed by atoms with Crippen LogP contribution in [0.3, 0.4) is 0 Å². The first kappa shape index (κ1) is 24.9. The zero-order chi connectivity index (χ0) is 24.0. The van der Waals surface area contributed by atoms with Crippen molar-refractivity contribution in [3.05, 3.63) is 83.4 Å². The van der Waals surface area contributed by atoms with Crippen LogP contribution in [-0.4, -0.2) is 16.3 Å². The number of hydrogen-bond acceptors (Lipinski definition) is 3. The molecule has 0 bridgehead atoms. The molecule has 0 saturated heterocycles. The number of thiocarbonyl (C=S) groups is 1. The van der Waals surface area contributed by atoms with Crippen molar-refractivity contribution >= 4 is 63.7 Å². The lowest BCUT2D eigenvalue weighted by atomic mass is 10.2. The highest BCUT2D eigenvalue weighted by Crippen LogP contribution is 2.34. The summed E-state index contributed by atoms with van der Waals surface area (Å²) in [4.78, 5) is 13.3. The summed E-state index contributed by atoms with van der Waals surface area (Å²) in [7, 11) is 0. The van der Waals surface area contributed by atoms with Crippen LogP contribution in [0.4, 0.5) is 30.2 Å². The van der Waals surface area contributed by atoms with Gasteiger partial charge >= 0.3 is 6.18 Å². The summed E-state index contributed by atoms with van der Waals surface area (Å²) >= 11 is 12.5. The molecule has 1 unspecified atom stereocenters. The summed E-state index contributed by atoms with van der Waals surface area (Å²) in [5.41, 5.74) is 0.664. The highest BCUT2D eigenvalue weighted by molar-refractivity contribution is 8.00. The van der Waals surface area contributed by atoms with E-state index in [-0.39, 0.29) is 10.7 Å². The van der Waals surface area contributed by atoms with E-state index in [0.29, 0.717) is 5.11 Å².